The van der Waals surface area contributed by atoms with Crippen LogP contribution in [0.5, 0.6) is 0 Å². The number of para-hydroxylation sites is 2. The van der Waals surface area contributed by atoms with E-state index < -0.39 is 33.8 Å². The first-order valence-electron chi connectivity index (χ1n) is 10.9. The standard InChI is InChI=1S/C23H25N3O7S/c1-17(32-21(27)11-12-26-19-9-5-6-10-20(19)33-23(26)29)22(28)24-13-15-25(16-14-24)34(30,31)18-7-3-2-4-8-18/h2-10,17H,11-16H2,1H3. The van der Waals surface area contributed by atoms with E-state index in [1.807, 2.05) is 0 Å². The van der Waals surface area contributed by atoms with Gasteiger partial charge in [-0.2, -0.15) is 4.31 Å². The van der Waals surface area contributed by atoms with Crippen LogP contribution in [0.25, 0.3) is 11.1 Å². The van der Waals surface area contributed by atoms with Crippen LogP contribution in [0.1, 0.15) is 13.3 Å². The zero-order chi connectivity index (χ0) is 24.3. The molecule has 1 amide bonds. The van der Waals surface area contributed by atoms with Crippen molar-refractivity contribution in [3.63, 3.8) is 0 Å². The maximum absolute atomic E-state index is 12.7. The molecule has 0 N–H and O–H groups in total. The Morgan fingerprint density at radius 3 is 2.35 bits per heavy atom. The van der Waals surface area contributed by atoms with Crippen molar-refractivity contribution in [3.8, 4) is 0 Å². The summed E-state index contributed by atoms with van der Waals surface area (Å²) in [6.07, 6.45) is -1.13. The first-order chi connectivity index (χ1) is 16.3. The number of fused-ring (bicyclic) bond motifs is 1. The topological polar surface area (TPSA) is 119 Å². The predicted octanol–water partition coefficient (Wildman–Crippen LogP) is 1.45. The van der Waals surface area contributed by atoms with Gasteiger partial charge in [-0.25, -0.2) is 13.2 Å². The van der Waals surface area contributed by atoms with Crippen molar-refractivity contribution < 1.29 is 27.2 Å². The number of hydrogen-bond donors (Lipinski definition) is 0. The number of piperazine rings is 1. The molecule has 11 heteroatoms. The van der Waals surface area contributed by atoms with Crippen LogP contribution >= 0.6 is 0 Å². The van der Waals surface area contributed by atoms with Crippen molar-refractivity contribution in [2.75, 3.05) is 26.2 Å². The molecule has 1 atom stereocenters. The second kappa shape index (κ2) is 9.82. The number of ether oxygens (including phenoxy) is 1. The van der Waals surface area contributed by atoms with Crippen LogP contribution in [0.3, 0.4) is 0 Å². The molecule has 2 aromatic carbocycles. The zero-order valence-corrected chi connectivity index (χ0v) is 19.4. The molecule has 1 fully saturated rings. The molecule has 3 aromatic rings. The van der Waals surface area contributed by atoms with Gasteiger partial charge in [0.2, 0.25) is 10.0 Å². The normalized spacial score (nSPS) is 15.9. The first-order valence-corrected chi connectivity index (χ1v) is 12.3. The Labute approximate surface area is 196 Å². The molecule has 180 valence electrons. The van der Waals surface area contributed by atoms with Crippen molar-refractivity contribution in [1.29, 1.82) is 0 Å². The minimum Gasteiger partial charge on any atom is -0.452 e. The van der Waals surface area contributed by atoms with Crippen molar-refractivity contribution >= 4 is 33.0 Å². The molecular formula is C23H25N3O7S. The lowest BCUT2D eigenvalue weighted by Crippen LogP contribution is -2.52. The number of esters is 1. The number of carbonyl (C=O) groups excluding carboxylic acids is 2. The third kappa shape index (κ3) is 4.90. The Morgan fingerprint density at radius 2 is 1.65 bits per heavy atom. The van der Waals surface area contributed by atoms with E-state index in [4.69, 9.17) is 9.15 Å². The molecule has 1 saturated heterocycles. The second-order valence-electron chi connectivity index (χ2n) is 7.91. The summed E-state index contributed by atoms with van der Waals surface area (Å²) in [6.45, 7) is 2.24. The van der Waals surface area contributed by atoms with Gasteiger partial charge in [-0.15, -0.1) is 0 Å². The second-order valence-corrected chi connectivity index (χ2v) is 9.85. The quantitative estimate of drug-likeness (QED) is 0.463. The molecule has 1 aliphatic rings. The number of aryl methyl sites for hydroxylation is 1. The fourth-order valence-corrected chi connectivity index (χ4v) is 5.33. The van der Waals surface area contributed by atoms with Crippen molar-refractivity contribution in [2.24, 2.45) is 0 Å². The number of oxazole rings is 1. The van der Waals surface area contributed by atoms with Gasteiger partial charge < -0.3 is 14.1 Å². The molecule has 34 heavy (non-hydrogen) atoms. The van der Waals surface area contributed by atoms with E-state index in [0.29, 0.717) is 11.1 Å². The zero-order valence-electron chi connectivity index (χ0n) is 18.6. The Kier molecular flexibility index (Phi) is 6.85. The lowest BCUT2D eigenvalue weighted by atomic mass is 10.3. The number of hydrogen-bond acceptors (Lipinski definition) is 7. The van der Waals surface area contributed by atoms with Gasteiger partial charge in [0.25, 0.3) is 5.91 Å². The van der Waals surface area contributed by atoms with Gasteiger partial charge in [0, 0.05) is 32.7 Å². The molecule has 1 aromatic heterocycles. The van der Waals surface area contributed by atoms with E-state index in [0.717, 1.165) is 0 Å². The summed E-state index contributed by atoms with van der Waals surface area (Å²) in [5, 5.41) is 0. The number of rotatable bonds is 7. The van der Waals surface area contributed by atoms with E-state index >= 15 is 0 Å². The molecular weight excluding hydrogens is 462 g/mol. The van der Waals surface area contributed by atoms with Gasteiger partial charge in [-0.05, 0) is 31.2 Å². The van der Waals surface area contributed by atoms with Crippen LogP contribution in [0, 0.1) is 0 Å². The number of aromatic nitrogens is 1. The van der Waals surface area contributed by atoms with E-state index in [2.05, 4.69) is 0 Å². The predicted molar refractivity (Wildman–Crippen MR) is 122 cm³/mol. The Morgan fingerprint density at radius 1 is 1.00 bits per heavy atom. The van der Waals surface area contributed by atoms with Crippen molar-refractivity contribution in [3.05, 3.63) is 65.1 Å². The van der Waals surface area contributed by atoms with Gasteiger partial charge in [-0.3, -0.25) is 14.2 Å². The number of nitrogens with zero attached hydrogens (tertiary/aromatic N) is 3. The largest absolute Gasteiger partial charge is 0.452 e. The van der Waals surface area contributed by atoms with Crippen molar-refractivity contribution in [2.45, 2.75) is 30.9 Å². The summed E-state index contributed by atoms with van der Waals surface area (Å²) < 4.78 is 38.6. The average molecular weight is 488 g/mol. The average Bonchev–Trinajstić information content (AvgIpc) is 3.17. The molecule has 0 aliphatic carbocycles. The molecule has 0 saturated carbocycles. The molecule has 1 aliphatic heterocycles. The fraction of sp³-hybridized carbons (Fsp3) is 0.348. The third-order valence-electron chi connectivity index (χ3n) is 5.70. The van der Waals surface area contributed by atoms with Gasteiger partial charge >= 0.3 is 11.7 Å². The summed E-state index contributed by atoms with van der Waals surface area (Å²) in [4.78, 5) is 38.7. The maximum Gasteiger partial charge on any atom is 0.419 e. The highest BCUT2D eigenvalue weighted by Crippen LogP contribution is 2.18. The van der Waals surface area contributed by atoms with E-state index in [-0.39, 0.29) is 44.0 Å². The maximum atomic E-state index is 12.7. The van der Waals surface area contributed by atoms with Crippen LogP contribution in [-0.2, 0) is 30.9 Å². The van der Waals surface area contributed by atoms with E-state index in [1.54, 1.807) is 42.5 Å². The van der Waals surface area contributed by atoms with Gasteiger partial charge in [0.1, 0.15) is 0 Å². The van der Waals surface area contributed by atoms with E-state index in [1.165, 1.54) is 32.8 Å². The Balaban J connectivity index is 1.29. The smallest absolute Gasteiger partial charge is 0.419 e. The molecule has 0 spiro atoms. The van der Waals surface area contributed by atoms with Crippen LogP contribution in [0.15, 0.2) is 68.7 Å². The van der Waals surface area contributed by atoms with Crippen LogP contribution in [0.2, 0.25) is 0 Å². The lowest BCUT2D eigenvalue weighted by Gasteiger charge is -2.35. The summed E-state index contributed by atoms with van der Waals surface area (Å²) in [5.41, 5.74) is 1.01. The monoisotopic (exact) mass is 487 g/mol. The number of benzene rings is 2. The Bertz CT molecular complexity index is 1340. The summed E-state index contributed by atoms with van der Waals surface area (Å²) in [6, 6.07) is 15.0. The fourth-order valence-electron chi connectivity index (χ4n) is 3.88. The van der Waals surface area contributed by atoms with Gasteiger partial charge in [0.05, 0.1) is 16.8 Å². The third-order valence-corrected chi connectivity index (χ3v) is 7.61. The molecule has 10 nitrogen and oxygen atoms in total. The van der Waals surface area contributed by atoms with Gasteiger partial charge in [-0.1, -0.05) is 30.3 Å². The van der Waals surface area contributed by atoms with Crippen LogP contribution < -0.4 is 5.76 Å². The van der Waals surface area contributed by atoms with Crippen LogP contribution in [0.4, 0.5) is 0 Å². The van der Waals surface area contributed by atoms with E-state index in [9.17, 15) is 22.8 Å². The minimum absolute atomic E-state index is 0.0611. The van der Waals surface area contributed by atoms with Gasteiger partial charge in [0.15, 0.2) is 11.7 Å². The highest BCUT2D eigenvalue weighted by molar-refractivity contribution is 7.89. The minimum atomic E-state index is -3.62. The van der Waals surface area contributed by atoms with Crippen molar-refractivity contribution in [1.82, 2.24) is 13.8 Å². The molecule has 0 radical (unpaired) electrons. The summed E-state index contributed by atoms with van der Waals surface area (Å²) >= 11 is 0. The highest BCUT2D eigenvalue weighted by atomic mass is 32.2. The molecule has 4 rings (SSSR count). The highest BCUT2D eigenvalue weighted by Gasteiger charge is 2.32. The Hall–Kier alpha value is -3.44. The number of carbonyl (C=O) groups is 2. The lowest BCUT2D eigenvalue weighted by molar-refractivity contribution is -0.159. The molecule has 2 heterocycles. The van der Waals surface area contributed by atoms with Crippen LogP contribution in [-0.4, -0.2) is 66.3 Å². The summed E-state index contributed by atoms with van der Waals surface area (Å²) in [7, 11) is -3.62. The first kappa shape index (κ1) is 23.7. The molecule has 0 bridgehead atoms. The number of amides is 1. The summed E-state index contributed by atoms with van der Waals surface area (Å²) in [5.74, 6) is -1.58. The number of sulfonamides is 1. The SMILES string of the molecule is CC(OC(=O)CCn1c(=O)oc2ccccc21)C(=O)N1CCN(S(=O)(=O)c2ccccc2)CC1. The molecule has 1 unspecified atom stereocenters.